The molecule has 4 amide bonds. The first-order valence-corrected chi connectivity index (χ1v) is 38.5. The van der Waals surface area contributed by atoms with Crippen LogP contribution in [0.25, 0.3) is 0 Å². The molecule has 0 aromatic heterocycles. The maximum absolute atomic E-state index is 13.8. The Kier molecular flexibility index (Phi) is 66.6. The summed E-state index contributed by atoms with van der Waals surface area (Å²) in [5, 5.41) is 11.6. The van der Waals surface area contributed by atoms with E-state index < -0.39 is 11.4 Å². The van der Waals surface area contributed by atoms with Crippen LogP contribution < -0.4 is 21.3 Å². The lowest BCUT2D eigenvalue weighted by Crippen LogP contribution is -2.48. The minimum atomic E-state index is -0.784. The molecule has 0 aliphatic carbocycles. The van der Waals surface area contributed by atoms with Crippen LogP contribution in [0.5, 0.6) is 0 Å². The molecular weight excluding hydrogens is 1050 g/mol. The van der Waals surface area contributed by atoms with Gasteiger partial charge in [-0.05, 0) is 77.0 Å². The van der Waals surface area contributed by atoms with E-state index in [9.17, 15) is 19.2 Å². The second-order valence-corrected chi connectivity index (χ2v) is 27.1. The molecule has 0 aromatic carbocycles. The van der Waals surface area contributed by atoms with Crippen LogP contribution in [0.4, 0.5) is 0 Å². The summed E-state index contributed by atoms with van der Waals surface area (Å²) in [6.07, 6.45) is 76.0. The van der Waals surface area contributed by atoms with Gasteiger partial charge < -0.3 is 21.3 Å². The minimum Gasteiger partial charge on any atom is -0.354 e. The van der Waals surface area contributed by atoms with Crippen LogP contribution in [0.15, 0.2) is 24.3 Å². The molecule has 4 N–H and O–H groups in total. The van der Waals surface area contributed by atoms with Crippen molar-refractivity contribution in [3.05, 3.63) is 24.3 Å². The zero-order chi connectivity index (χ0) is 59.5. The highest BCUT2D eigenvalue weighted by Crippen LogP contribution is 2.27. The molecule has 482 valence electrons. The van der Waals surface area contributed by atoms with Crippen molar-refractivity contribution in [2.45, 2.75) is 392 Å². The third-order valence-corrected chi connectivity index (χ3v) is 18.8. The molecule has 0 aliphatic heterocycles. The van der Waals surface area contributed by atoms with Crippen LogP contribution >= 0.6 is 21.6 Å². The van der Waals surface area contributed by atoms with Crippen molar-refractivity contribution in [1.29, 1.82) is 0 Å². The summed E-state index contributed by atoms with van der Waals surface area (Å²) < 4.78 is 0. The molecule has 0 radical (unpaired) electrons. The molecule has 0 aliphatic rings. The van der Waals surface area contributed by atoms with Gasteiger partial charge in [-0.25, -0.2) is 0 Å². The number of hydrogen-bond donors (Lipinski definition) is 4. The Morgan fingerprint density at radius 3 is 0.878 bits per heavy atom. The average Bonchev–Trinajstić information content (AvgIpc) is 3.50. The highest BCUT2D eigenvalue weighted by molar-refractivity contribution is 8.77. The quantitative estimate of drug-likeness (QED) is 0.0209. The van der Waals surface area contributed by atoms with E-state index in [1.54, 1.807) is 0 Å². The summed E-state index contributed by atoms with van der Waals surface area (Å²) in [5.41, 5.74) is 0. The lowest BCUT2D eigenvalue weighted by Gasteiger charge is -2.21. The van der Waals surface area contributed by atoms with Gasteiger partial charge in [-0.15, -0.1) is 0 Å². The highest BCUT2D eigenvalue weighted by atomic mass is 33.1. The van der Waals surface area contributed by atoms with Crippen molar-refractivity contribution >= 4 is 45.2 Å². The Hall–Kier alpha value is -1.94. The Bertz CT molecular complexity index is 1430. The Balaban J connectivity index is 5.27. The van der Waals surface area contributed by atoms with Crippen molar-refractivity contribution in [2.75, 3.05) is 18.8 Å². The molecule has 0 heterocycles. The fraction of sp³-hybridized carbons (Fsp3) is 0.889. The summed E-state index contributed by atoms with van der Waals surface area (Å²) in [6, 6.07) is -0.721. The predicted octanol–water partition coefficient (Wildman–Crippen LogP) is 22.2. The number of amides is 4. The van der Waals surface area contributed by atoms with E-state index in [0.29, 0.717) is 31.7 Å². The van der Waals surface area contributed by atoms with Gasteiger partial charge >= 0.3 is 0 Å². The molecule has 0 bridgehead atoms. The molecular formula is C72H138N4O4S2. The van der Waals surface area contributed by atoms with E-state index in [1.807, 2.05) is 0 Å². The van der Waals surface area contributed by atoms with E-state index in [-0.39, 0.29) is 23.6 Å². The first kappa shape index (κ1) is 80.1. The number of nitrogens with one attached hydrogen (secondary N) is 4. The largest absolute Gasteiger partial charge is 0.354 e. The molecule has 10 heteroatoms. The predicted molar refractivity (Wildman–Crippen MR) is 365 cm³/mol. The first-order valence-electron chi connectivity index (χ1n) is 36.1. The molecule has 0 rings (SSSR count). The SMILES string of the molecule is CCCCCCCC/C=C/CCCCCCCC(=O)NC(CSSC(NC(=O)CCCCCCC/C=C/CCCCCCCC)C(=O)NCCCCCCCCCCCCCCCC)C(=O)NCCCCCCCCCCCCCCC. The second kappa shape index (κ2) is 68.2. The van der Waals surface area contributed by atoms with Crippen LogP contribution in [-0.4, -0.2) is 53.9 Å². The fourth-order valence-electron chi connectivity index (χ4n) is 10.8. The van der Waals surface area contributed by atoms with Crippen LogP contribution in [-0.2, 0) is 19.2 Å². The van der Waals surface area contributed by atoms with Crippen LogP contribution in [0, 0.1) is 0 Å². The number of unbranched alkanes of at least 4 members (excludes halogenated alkanes) is 47. The smallest absolute Gasteiger partial charge is 0.253 e. The van der Waals surface area contributed by atoms with Gasteiger partial charge in [0.25, 0.3) is 5.91 Å². The Labute approximate surface area is 518 Å². The van der Waals surface area contributed by atoms with Gasteiger partial charge in [0.05, 0.1) is 0 Å². The number of carbonyl (C=O) groups is 4. The van der Waals surface area contributed by atoms with E-state index in [2.05, 4.69) is 73.3 Å². The monoisotopic (exact) mass is 1190 g/mol. The van der Waals surface area contributed by atoms with Crippen molar-refractivity contribution in [1.82, 2.24) is 21.3 Å². The summed E-state index contributed by atoms with van der Waals surface area (Å²) >= 11 is 0. The van der Waals surface area contributed by atoms with Crippen molar-refractivity contribution in [3.8, 4) is 0 Å². The lowest BCUT2D eigenvalue weighted by molar-refractivity contribution is -0.128. The van der Waals surface area contributed by atoms with Gasteiger partial charge in [-0.3, -0.25) is 19.2 Å². The molecule has 0 spiro atoms. The van der Waals surface area contributed by atoms with E-state index in [1.165, 1.54) is 285 Å². The van der Waals surface area contributed by atoms with E-state index in [4.69, 9.17) is 0 Å². The standard InChI is InChI=1S/C72H138N4O4S2/c1-5-9-13-17-21-25-29-33-36-38-42-46-50-54-58-62-68(77)75-67(70(79)73-64-60-56-52-48-44-40-32-28-24-20-16-12-8-4)66-81-82-72(71(80)74-65-61-57-53-49-45-41-35-31-27-23-19-15-11-7-3)76-69(78)63-59-55-51-47-43-39-37-34-30-26-22-18-14-10-6-2/h33-34,36-37,67,72H,5-32,35,38-66H2,1-4H3,(H,73,79)(H,74,80)(H,75,77)(H,76,78)/b36-33+,37-34+. The maximum atomic E-state index is 13.8. The number of hydrogen-bond acceptors (Lipinski definition) is 6. The zero-order valence-corrected chi connectivity index (χ0v) is 56.6. The third kappa shape index (κ3) is 61.2. The molecule has 8 nitrogen and oxygen atoms in total. The van der Waals surface area contributed by atoms with Crippen molar-refractivity contribution in [3.63, 3.8) is 0 Å². The highest BCUT2D eigenvalue weighted by Gasteiger charge is 2.25. The molecule has 0 saturated heterocycles. The Morgan fingerprint density at radius 2 is 0.561 bits per heavy atom. The zero-order valence-electron chi connectivity index (χ0n) is 54.9. The van der Waals surface area contributed by atoms with Crippen LogP contribution in [0.3, 0.4) is 0 Å². The normalized spacial score (nSPS) is 12.4. The fourth-order valence-corrected chi connectivity index (χ4v) is 13.2. The number of allylic oxidation sites excluding steroid dienone is 4. The Morgan fingerprint density at radius 1 is 0.305 bits per heavy atom. The molecule has 2 unspecified atom stereocenters. The summed E-state index contributed by atoms with van der Waals surface area (Å²) in [7, 11) is 2.69. The lowest BCUT2D eigenvalue weighted by atomic mass is 10.0. The number of rotatable bonds is 67. The molecule has 82 heavy (non-hydrogen) atoms. The van der Waals surface area contributed by atoms with Crippen LogP contribution in [0.1, 0.15) is 381 Å². The second-order valence-electron chi connectivity index (χ2n) is 24.5. The summed E-state index contributed by atoms with van der Waals surface area (Å²) in [5.74, 6) is -0.262. The van der Waals surface area contributed by atoms with E-state index in [0.717, 1.165) is 77.0 Å². The summed E-state index contributed by atoms with van der Waals surface area (Å²) in [6.45, 7) is 10.3. The van der Waals surface area contributed by atoms with Gasteiger partial charge in [0, 0.05) is 31.7 Å². The van der Waals surface area contributed by atoms with Gasteiger partial charge in [-0.1, -0.05) is 337 Å². The molecule has 2 atom stereocenters. The molecule has 0 fully saturated rings. The average molecular weight is 1190 g/mol. The third-order valence-electron chi connectivity index (χ3n) is 16.3. The topological polar surface area (TPSA) is 116 Å². The van der Waals surface area contributed by atoms with Gasteiger partial charge in [-0.2, -0.15) is 0 Å². The maximum Gasteiger partial charge on any atom is 0.253 e. The van der Waals surface area contributed by atoms with Gasteiger partial charge in [0.2, 0.25) is 17.7 Å². The van der Waals surface area contributed by atoms with Gasteiger partial charge in [0.15, 0.2) is 5.37 Å². The van der Waals surface area contributed by atoms with Crippen molar-refractivity contribution in [2.24, 2.45) is 0 Å². The minimum absolute atomic E-state index is 0.0972. The number of carbonyl (C=O) groups excluding carboxylic acids is 4. The summed E-state index contributed by atoms with van der Waals surface area (Å²) in [4.78, 5) is 54.4. The molecule has 0 aromatic rings. The first-order chi connectivity index (χ1) is 40.4. The van der Waals surface area contributed by atoms with Gasteiger partial charge in [0.1, 0.15) is 6.04 Å². The van der Waals surface area contributed by atoms with E-state index >= 15 is 0 Å². The molecule has 0 saturated carbocycles. The van der Waals surface area contributed by atoms with Crippen molar-refractivity contribution < 1.29 is 19.2 Å². The van der Waals surface area contributed by atoms with Crippen LogP contribution in [0.2, 0.25) is 0 Å².